The fraction of sp³-hybridized carbons (Fsp3) is 0.556. The van der Waals surface area contributed by atoms with E-state index in [1.54, 1.807) is 6.26 Å². The van der Waals surface area contributed by atoms with Crippen LogP contribution in [0.3, 0.4) is 0 Å². The van der Waals surface area contributed by atoms with Crippen molar-refractivity contribution in [2.75, 3.05) is 19.8 Å². The number of nitrogens with zero attached hydrogens (tertiary/aromatic N) is 2. The second-order valence-electron chi connectivity index (χ2n) is 6.75. The molecule has 7 heteroatoms. The molecule has 1 N–H and O–H groups in total. The summed E-state index contributed by atoms with van der Waals surface area (Å²) < 4.78 is 11.1. The zero-order valence-electron chi connectivity index (χ0n) is 15.0. The molecule has 1 fully saturated rings. The van der Waals surface area contributed by atoms with Crippen LogP contribution in [0.4, 0.5) is 0 Å². The minimum atomic E-state index is -0.142. The average molecular weight is 363 g/mol. The molecular formula is C18H25N3O3S. The zero-order valence-corrected chi connectivity index (χ0v) is 15.8. The Morgan fingerprint density at radius 1 is 1.56 bits per heavy atom. The van der Waals surface area contributed by atoms with E-state index in [4.69, 9.17) is 15.9 Å². The van der Waals surface area contributed by atoms with Crippen molar-refractivity contribution < 1.29 is 14.3 Å². The van der Waals surface area contributed by atoms with Crippen molar-refractivity contribution in [2.24, 2.45) is 0 Å². The Labute approximate surface area is 153 Å². The topological polar surface area (TPSA) is 63.7 Å². The Bertz CT molecular complexity index is 655. The first kappa shape index (κ1) is 19.3. The van der Waals surface area contributed by atoms with Crippen molar-refractivity contribution in [1.82, 2.24) is 15.2 Å². The number of carbonyl (C=O) groups excluding carboxylic acids is 1. The highest BCUT2D eigenvalue weighted by Crippen LogP contribution is 2.24. The van der Waals surface area contributed by atoms with E-state index in [0.29, 0.717) is 29.9 Å². The standard InChI is InChI=1S/C18H25N3O3S/c1-5-6-7-8-9-19-16(22)15-10-20-17(25-15)23-12-14-11-21(13-24-14)18(2,3)4/h1,10,12H,6-9,11,13H2,2-4H3,(H,19,22)/b14-12-. The molecule has 1 aromatic heterocycles. The minimum Gasteiger partial charge on any atom is -0.478 e. The first-order chi connectivity index (χ1) is 11.9. The van der Waals surface area contributed by atoms with Gasteiger partial charge in [-0.05, 0) is 33.6 Å². The Balaban J connectivity index is 1.79. The van der Waals surface area contributed by atoms with Crippen LogP contribution in [0.2, 0.25) is 0 Å². The van der Waals surface area contributed by atoms with E-state index in [9.17, 15) is 4.79 Å². The fourth-order valence-electron chi connectivity index (χ4n) is 2.12. The molecule has 1 aliphatic heterocycles. The van der Waals surface area contributed by atoms with Crippen LogP contribution in [0.15, 0.2) is 18.2 Å². The molecule has 1 aromatic rings. The smallest absolute Gasteiger partial charge is 0.278 e. The zero-order chi connectivity index (χ0) is 18.3. The summed E-state index contributed by atoms with van der Waals surface area (Å²) in [6.45, 7) is 8.26. The molecule has 1 amide bonds. The highest BCUT2D eigenvalue weighted by atomic mass is 32.1. The number of hydrogen-bond donors (Lipinski definition) is 1. The summed E-state index contributed by atoms with van der Waals surface area (Å²) in [7, 11) is 0. The van der Waals surface area contributed by atoms with Crippen molar-refractivity contribution in [3.63, 3.8) is 0 Å². The molecule has 1 aliphatic rings. The van der Waals surface area contributed by atoms with Gasteiger partial charge in [0, 0.05) is 18.5 Å². The van der Waals surface area contributed by atoms with E-state index in [2.05, 4.69) is 41.9 Å². The number of thiazole rings is 1. The number of ether oxygens (including phenoxy) is 2. The molecule has 2 rings (SSSR count). The number of amides is 1. The van der Waals surface area contributed by atoms with Crippen LogP contribution >= 0.6 is 11.3 Å². The molecule has 0 spiro atoms. The highest BCUT2D eigenvalue weighted by Gasteiger charge is 2.28. The van der Waals surface area contributed by atoms with Gasteiger partial charge < -0.3 is 14.8 Å². The van der Waals surface area contributed by atoms with Crippen LogP contribution in [0.25, 0.3) is 0 Å². The molecule has 0 saturated carbocycles. The minimum absolute atomic E-state index is 0.0439. The number of nitrogens with one attached hydrogen (secondary N) is 1. The number of aromatic nitrogens is 1. The maximum atomic E-state index is 12.0. The maximum Gasteiger partial charge on any atom is 0.278 e. The number of unbranched alkanes of at least 4 members (excludes halogenated alkanes) is 2. The molecule has 25 heavy (non-hydrogen) atoms. The molecule has 0 radical (unpaired) electrons. The summed E-state index contributed by atoms with van der Waals surface area (Å²) in [4.78, 5) is 18.9. The van der Waals surface area contributed by atoms with Gasteiger partial charge in [-0.3, -0.25) is 9.69 Å². The maximum absolute atomic E-state index is 12.0. The summed E-state index contributed by atoms with van der Waals surface area (Å²) in [6, 6.07) is 0. The molecule has 0 aromatic carbocycles. The molecule has 2 heterocycles. The number of rotatable bonds is 7. The third-order valence-corrected chi connectivity index (χ3v) is 4.62. The van der Waals surface area contributed by atoms with Gasteiger partial charge in [-0.2, -0.15) is 0 Å². The SMILES string of the molecule is C#CCCCCNC(=O)c1cnc(O/C=C2/CN(C(C)(C)C)CO2)s1. The van der Waals surface area contributed by atoms with Crippen LogP contribution in [0, 0.1) is 12.3 Å². The van der Waals surface area contributed by atoms with E-state index in [1.807, 2.05) is 0 Å². The van der Waals surface area contributed by atoms with Gasteiger partial charge in [0.1, 0.15) is 23.6 Å². The summed E-state index contributed by atoms with van der Waals surface area (Å²) in [5, 5.41) is 3.27. The molecule has 0 unspecified atom stereocenters. The Kier molecular flexibility index (Phi) is 6.85. The molecule has 0 atom stereocenters. The van der Waals surface area contributed by atoms with E-state index >= 15 is 0 Å². The fourth-order valence-corrected chi connectivity index (χ4v) is 2.78. The lowest BCUT2D eigenvalue weighted by Crippen LogP contribution is -2.39. The van der Waals surface area contributed by atoms with Crippen molar-refractivity contribution in [1.29, 1.82) is 0 Å². The number of terminal acetylenes is 1. The van der Waals surface area contributed by atoms with Crippen LogP contribution in [-0.4, -0.2) is 41.2 Å². The molecule has 136 valence electrons. The van der Waals surface area contributed by atoms with Crippen LogP contribution in [-0.2, 0) is 4.74 Å². The van der Waals surface area contributed by atoms with E-state index < -0.39 is 0 Å². The molecule has 1 saturated heterocycles. The van der Waals surface area contributed by atoms with Gasteiger partial charge in [0.05, 0.1) is 12.7 Å². The van der Waals surface area contributed by atoms with Crippen LogP contribution < -0.4 is 10.1 Å². The summed E-state index contributed by atoms with van der Waals surface area (Å²) in [5.74, 6) is 3.20. The lowest BCUT2D eigenvalue weighted by molar-refractivity contribution is 0.0943. The third kappa shape index (κ3) is 6.07. The van der Waals surface area contributed by atoms with Gasteiger partial charge in [0.15, 0.2) is 0 Å². The van der Waals surface area contributed by atoms with Gasteiger partial charge in [0.25, 0.3) is 11.1 Å². The lowest BCUT2D eigenvalue weighted by Gasteiger charge is -2.28. The summed E-state index contributed by atoms with van der Waals surface area (Å²) in [5.41, 5.74) is 0.0439. The lowest BCUT2D eigenvalue weighted by atomic mass is 10.1. The largest absolute Gasteiger partial charge is 0.478 e. The molecule has 6 nitrogen and oxygen atoms in total. The Hall–Kier alpha value is -2.04. The van der Waals surface area contributed by atoms with Crippen molar-refractivity contribution in [2.45, 2.75) is 45.6 Å². The number of carbonyl (C=O) groups is 1. The quantitative estimate of drug-likeness (QED) is 0.458. The summed E-state index contributed by atoms with van der Waals surface area (Å²) >= 11 is 1.21. The molecular weight excluding hydrogens is 338 g/mol. The first-order valence-electron chi connectivity index (χ1n) is 8.31. The predicted octanol–water partition coefficient (Wildman–Crippen LogP) is 2.98. The second-order valence-corrected chi connectivity index (χ2v) is 7.74. The highest BCUT2D eigenvalue weighted by molar-refractivity contribution is 7.15. The van der Waals surface area contributed by atoms with Crippen LogP contribution in [0.1, 0.15) is 49.7 Å². The van der Waals surface area contributed by atoms with Crippen molar-refractivity contribution in [3.05, 3.63) is 23.1 Å². The van der Waals surface area contributed by atoms with Crippen LogP contribution in [0.5, 0.6) is 5.19 Å². The number of hydrogen-bond acceptors (Lipinski definition) is 6. The van der Waals surface area contributed by atoms with Gasteiger partial charge in [0.2, 0.25) is 0 Å². The average Bonchev–Trinajstić information content (AvgIpc) is 3.21. The van der Waals surface area contributed by atoms with E-state index in [1.165, 1.54) is 17.5 Å². The summed E-state index contributed by atoms with van der Waals surface area (Å²) in [6.07, 6.45) is 10.8. The van der Waals surface area contributed by atoms with Crippen molar-refractivity contribution >= 4 is 17.2 Å². The van der Waals surface area contributed by atoms with E-state index in [0.717, 1.165) is 25.0 Å². The van der Waals surface area contributed by atoms with Gasteiger partial charge in [-0.1, -0.05) is 11.3 Å². The molecule has 0 bridgehead atoms. The third-order valence-electron chi connectivity index (χ3n) is 3.73. The molecule has 0 aliphatic carbocycles. The predicted molar refractivity (Wildman–Crippen MR) is 98.3 cm³/mol. The monoisotopic (exact) mass is 363 g/mol. The van der Waals surface area contributed by atoms with Gasteiger partial charge in [-0.25, -0.2) is 4.98 Å². The van der Waals surface area contributed by atoms with Crippen molar-refractivity contribution in [3.8, 4) is 17.5 Å². The normalized spacial score (nSPS) is 16.5. The second kappa shape index (κ2) is 8.88. The Morgan fingerprint density at radius 3 is 3.04 bits per heavy atom. The Morgan fingerprint density at radius 2 is 2.36 bits per heavy atom. The first-order valence-corrected chi connectivity index (χ1v) is 9.13. The van der Waals surface area contributed by atoms with Gasteiger partial charge in [-0.15, -0.1) is 12.3 Å². The van der Waals surface area contributed by atoms with Gasteiger partial charge >= 0.3 is 0 Å². The van der Waals surface area contributed by atoms with E-state index in [-0.39, 0.29) is 11.4 Å².